The Hall–Kier alpha value is -2.09. The van der Waals surface area contributed by atoms with Gasteiger partial charge in [-0.15, -0.1) is 0 Å². The number of halogens is 1. The Morgan fingerprint density at radius 1 is 1.09 bits per heavy atom. The smallest absolute Gasteiger partial charge is 0.265 e. The van der Waals surface area contributed by atoms with Gasteiger partial charge < -0.3 is 10.6 Å². The first-order valence-electron chi connectivity index (χ1n) is 10.9. The van der Waals surface area contributed by atoms with Crippen LogP contribution in [0.15, 0.2) is 47.4 Å². The van der Waals surface area contributed by atoms with E-state index in [9.17, 15) is 13.2 Å². The van der Waals surface area contributed by atoms with Crippen molar-refractivity contribution in [1.29, 1.82) is 0 Å². The van der Waals surface area contributed by atoms with E-state index in [4.69, 9.17) is 11.6 Å². The van der Waals surface area contributed by atoms with E-state index in [2.05, 4.69) is 38.3 Å². The molecule has 2 N–H and O–H groups in total. The van der Waals surface area contributed by atoms with Crippen molar-refractivity contribution in [3.05, 3.63) is 58.6 Å². The molecule has 2 aliphatic rings. The molecule has 1 fully saturated rings. The highest BCUT2D eigenvalue weighted by atomic mass is 35.5. The molecule has 1 saturated heterocycles. The fourth-order valence-electron chi connectivity index (χ4n) is 5.21. The lowest BCUT2D eigenvalue weighted by molar-refractivity contribution is 0.0873. The number of piperidine rings is 1. The number of hydrogen-bond donors (Lipinski definition) is 2. The number of benzene rings is 2. The molecule has 2 heterocycles. The minimum absolute atomic E-state index is 0.0186. The van der Waals surface area contributed by atoms with E-state index in [-0.39, 0.29) is 38.5 Å². The third kappa shape index (κ3) is 4.51. The van der Waals surface area contributed by atoms with Crippen molar-refractivity contribution >= 4 is 33.2 Å². The fraction of sp³-hybridized carbons (Fsp3) is 0.458. The average Bonchev–Trinajstić information content (AvgIpc) is 3.10. The third-order valence-corrected chi connectivity index (χ3v) is 8.43. The van der Waals surface area contributed by atoms with Crippen molar-refractivity contribution in [3.8, 4) is 0 Å². The van der Waals surface area contributed by atoms with Crippen molar-refractivity contribution in [2.45, 2.75) is 69.0 Å². The number of rotatable bonds is 4. The van der Waals surface area contributed by atoms with Crippen molar-refractivity contribution in [1.82, 2.24) is 10.6 Å². The zero-order valence-electron chi connectivity index (χ0n) is 18.9. The second kappa shape index (κ2) is 8.04. The lowest BCUT2D eigenvalue weighted by Crippen LogP contribution is -2.62. The van der Waals surface area contributed by atoms with Crippen molar-refractivity contribution in [2.24, 2.45) is 0 Å². The normalized spacial score (nSPS) is 20.1. The molecular weight excluding hydrogens is 446 g/mol. The van der Waals surface area contributed by atoms with Gasteiger partial charge in [0.15, 0.2) is 0 Å². The van der Waals surface area contributed by atoms with Gasteiger partial charge in [-0.2, -0.15) is 0 Å². The van der Waals surface area contributed by atoms with E-state index in [0.29, 0.717) is 18.7 Å². The second-order valence-electron chi connectivity index (χ2n) is 10.1. The summed E-state index contributed by atoms with van der Waals surface area (Å²) in [7, 11) is -3.90. The van der Waals surface area contributed by atoms with E-state index in [1.165, 1.54) is 16.4 Å². The average molecular weight is 476 g/mol. The van der Waals surface area contributed by atoms with Crippen LogP contribution < -0.4 is 14.9 Å². The van der Waals surface area contributed by atoms with Gasteiger partial charge in [-0.1, -0.05) is 29.8 Å². The number of carbonyl (C=O) groups is 1. The first kappa shape index (κ1) is 23.1. The first-order valence-corrected chi connectivity index (χ1v) is 12.7. The number of sulfonamides is 1. The number of carbonyl (C=O) groups excluding carboxylic acids is 1. The molecule has 172 valence electrons. The molecule has 1 amide bonds. The number of anilines is 1. The molecule has 2 aliphatic heterocycles. The molecule has 4 rings (SSSR count). The van der Waals surface area contributed by atoms with Gasteiger partial charge in [0.2, 0.25) is 0 Å². The van der Waals surface area contributed by atoms with Gasteiger partial charge in [0.25, 0.3) is 15.9 Å². The highest BCUT2D eigenvalue weighted by Gasteiger charge is 2.38. The van der Waals surface area contributed by atoms with Gasteiger partial charge in [0, 0.05) is 29.2 Å². The Kier molecular flexibility index (Phi) is 5.80. The summed E-state index contributed by atoms with van der Waals surface area (Å²) in [4.78, 5) is 13.0. The molecule has 32 heavy (non-hydrogen) atoms. The van der Waals surface area contributed by atoms with E-state index < -0.39 is 10.0 Å². The number of hydrogen-bond acceptors (Lipinski definition) is 4. The van der Waals surface area contributed by atoms with Gasteiger partial charge in [0.1, 0.15) is 4.90 Å². The lowest BCUT2D eigenvalue weighted by atomic mass is 9.79. The molecule has 2 aromatic carbocycles. The zero-order valence-corrected chi connectivity index (χ0v) is 20.5. The SMILES string of the molecule is CC1(C)CC(NC(=O)c2ccc(Cl)c(S(=O)(=O)N3CCc4ccccc43)c2)CC(C)(C)N1. The summed E-state index contributed by atoms with van der Waals surface area (Å²) < 4.78 is 28.3. The van der Waals surface area contributed by atoms with Crippen LogP contribution in [0.25, 0.3) is 0 Å². The summed E-state index contributed by atoms with van der Waals surface area (Å²) >= 11 is 6.31. The maximum absolute atomic E-state index is 13.5. The molecule has 0 bridgehead atoms. The summed E-state index contributed by atoms with van der Waals surface area (Å²) in [6, 6.07) is 11.9. The fourth-order valence-corrected chi connectivity index (χ4v) is 7.22. The molecule has 2 aromatic rings. The lowest BCUT2D eigenvalue weighted by Gasteiger charge is -2.46. The number of para-hydroxylation sites is 1. The van der Waals surface area contributed by atoms with Crippen LogP contribution in [0.3, 0.4) is 0 Å². The van der Waals surface area contributed by atoms with Crippen LogP contribution in [0.4, 0.5) is 5.69 Å². The monoisotopic (exact) mass is 475 g/mol. The molecule has 8 heteroatoms. The van der Waals surface area contributed by atoms with E-state index in [1.807, 2.05) is 18.2 Å². The number of nitrogens with zero attached hydrogens (tertiary/aromatic N) is 1. The Morgan fingerprint density at radius 3 is 2.44 bits per heavy atom. The minimum Gasteiger partial charge on any atom is -0.349 e. The number of nitrogens with one attached hydrogen (secondary N) is 2. The predicted octanol–water partition coefficient (Wildman–Crippen LogP) is 4.13. The van der Waals surface area contributed by atoms with Crippen molar-refractivity contribution < 1.29 is 13.2 Å². The second-order valence-corrected chi connectivity index (χ2v) is 12.3. The maximum Gasteiger partial charge on any atom is 0.265 e. The Bertz CT molecular complexity index is 1140. The van der Waals surface area contributed by atoms with Gasteiger partial charge in [-0.25, -0.2) is 8.42 Å². The van der Waals surface area contributed by atoms with Gasteiger partial charge in [-0.05, 0) is 76.8 Å². The molecule has 0 aliphatic carbocycles. The summed E-state index contributed by atoms with van der Waals surface area (Å²) in [5.74, 6) is -0.293. The largest absolute Gasteiger partial charge is 0.349 e. The molecule has 6 nitrogen and oxygen atoms in total. The number of fused-ring (bicyclic) bond motifs is 1. The first-order chi connectivity index (χ1) is 14.9. The molecule has 0 unspecified atom stereocenters. The highest BCUT2D eigenvalue weighted by molar-refractivity contribution is 7.93. The molecule has 0 saturated carbocycles. The quantitative estimate of drug-likeness (QED) is 0.696. The van der Waals surface area contributed by atoms with Crippen molar-refractivity contribution in [3.63, 3.8) is 0 Å². The highest BCUT2D eigenvalue weighted by Crippen LogP contribution is 2.35. The Balaban J connectivity index is 1.60. The van der Waals surface area contributed by atoms with Crippen LogP contribution in [-0.4, -0.2) is 38.0 Å². The molecule has 0 aromatic heterocycles. The Morgan fingerprint density at radius 2 is 1.75 bits per heavy atom. The van der Waals surface area contributed by atoms with Crippen LogP contribution in [0.5, 0.6) is 0 Å². The molecule has 0 atom stereocenters. The van der Waals surface area contributed by atoms with Crippen LogP contribution >= 0.6 is 11.6 Å². The van der Waals surface area contributed by atoms with E-state index in [1.54, 1.807) is 12.1 Å². The predicted molar refractivity (Wildman–Crippen MR) is 128 cm³/mol. The van der Waals surface area contributed by atoms with Gasteiger partial charge >= 0.3 is 0 Å². The van der Waals surface area contributed by atoms with Gasteiger partial charge in [-0.3, -0.25) is 9.10 Å². The standard InChI is InChI=1S/C24H30ClN3O3S/c1-23(2)14-18(15-24(3,4)27-23)26-22(29)17-9-10-19(25)21(13-17)32(30,31)28-12-11-16-7-5-6-8-20(16)28/h5-10,13,18,27H,11-12,14-15H2,1-4H3,(H,26,29). The number of amides is 1. The summed E-state index contributed by atoms with van der Waals surface area (Å²) in [5, 5.41) is 6.80. The minimum atomic E-state index is -3.90. The summed E-state index contributed by atoms with van der Waals surface area (Å²) in [6.45, 7) is 8.83. The zero-order chi connectivity index (χ0) is 23.3. The topological polar surface area (TPSA) is 78.5 Å². The van der Waals surface area contributed by atoms with Crippen LogP contribution in [0.1, 0.15) is 56.5 Å². The summed E-state index contributed by atoms with van der Waals surface area (Å²) in [5.41, 5.74) is 1.71. The maximum atomic E-state index is 13.5. The van der Waals surface area contributed by atoms with Gasteiger partial charge in [0.05, 0.1) is 10.7 Å². The van der Waals surface area contributed by atoms with Crippen LogP contribution in [-0.2, 0) is 16.4 Å². The molecular formula is C24H30ClN3O3S. The summed E-state index contributed by atoms with van der Waals surface area (Å²) in [6.07, 6.45) is 2.21. The third-order valence-electron chi connectivity index (χ3n) is 6.13. The van der Waals surface area contributed by atoms with Crippen LogP contribution in [0.2, 0.25) is 5.02 Å². The Labute approximate surface area is 195 Å². The van der Waals surface area contributed by atoms with E-state index >= 15 is 0 Å². The molecule has 0 spiro atoms. The van der Waals surface area contributed by atoms with Crippen LogP contribution in [0, 0.1) is 0 Å². The van der Waals surface area contributed by atoms with E-state index in [0.717, 1.165) is 18.4 Å². The van der Waals surface area contributed by atoms with Crippen molar-refractivity contribution in [2.75, 3.05) is 10.8 Å². The molecule has 0 radical (unpaired) electrons.